The molecule has 0 aliphatic heterocycles. The SMILES string of the molecule is O=C([O-])c1cc(Cl)ccc1F.[Na+]. The van der Waals surface area contributed by atoms with Gasteiger partial charge in [0.1, 0.15) is 5.82 Å². The Labute approximate surface area is 95.6 Å². The van der Waals surface area contributed by atoms with Crippen LogP contribution in [0.3, 0.4) is 0 Å². The number of carbonyl (C=O) groups excluding carboxylic acids is 1. The van der Waals surface area contributed by atoms with Crippen molar-refractivity contribution in [2.75, 3.05) is 0 Å². The van der Waals surface area contributed by atoms with Crippen LogP contribution in [0.15, 0.2) is 18.2 Å². The fraction of sp³-hybridized carbons (Fsp3) is 0. The van der Waals surface area contributed by atoms with E-state index in [0.29, 0.717) is 0 Å². The van der Waals surface area contributed by atoms with E-state index in [2.05, 4.69) is 0 Å². The molecule has 5 heteroatoms. The average molecular weight is 197 g/mol. The molecule has 0 heterocycles. The van der Waals surface area contributed by atoms with Gasteiger partial charge in [-0.05, 0) is 18.2 Å². The monoisotopic (exact) mass is 196 g/mol. The van der Waals surface area contributed by atoms with Crippen molar-refractivity contribution in [3.63, 3.8) is 0 Å². The number of carboxylic acid groups (broad SMARTS) is 1. The van der Waals surface area contributed by atoms with Crippen LogP contribution >= 0.6 is 11.6 Å². The molecular weight excluding hydrogens is 194 g/mol. The van der Waals surface area contributed by atoms with Gasteiger partial charge in [0.25, 0.3) is 0 Å². The zero-order valence-corrected chi connectivity index (χ0v) is 9.06. The summed E-state index contributed by atoms with van der Waals surface area (Å²) in [5.41, 5.74) is -0.516. The quantitative estimate of drug-likeness (QED) is 0.481. The summed E-state index contributed by atoms with van der Waals surface area (Å²) in [5.74, 6) is -2.40. The van der Waals surface area contributed by atoms with Crippen LogP contribution in [0.1, 0.15) is 10.4 Å². The Morgan fingerprint density at radius 3 is 2.50 bits per heavy atom. The molecule has 0 saturated heterocycles. The molecule has 1 rings (SSSR count). The molecular formula is C7H3ClFNaO2. The molecule has 0 bridgehead atoms. The standard InChI is InChI=1S/C7H4ClFO2.Na/c8-4-1-2-6(9)5(3-4)7(10)11;/h1-3H,(H,10,11);/q;+1/p-1. The first-order valence-electron chi connectivity index (χ1n) is 2.77. The number of hydrogen-bond donors (Lipinski definition) is 0. The van der Waals surface area contributed by atoms with Crippen molar-refractivity contribution < 1.29 is 43.8 Å². The number of halogens is 2. The zero-order chi connectivity index (χ0) is 8.43. The molecule has 0 radical (unpaired) electrons. The largest absolute Gasteiger partial charge is 1.00 e. The fourth-order valence-corrected chi connectivity index (χ4v) is 0.826. The zero-order valence-electron chi connectivity index (χ0n) is 6.30. The predicted molar refractivity (Wildman–Crippen MR) is 35.7 cm³/mol. The van der Waals surface area contributed by atoms with Gasteiger partial charge in [-0.3, -0.25) is 0 Å². The third kappa shape index (κ3) is 2.75. The minimum absolute atomic E-state index is 0. The van der Waals surface area contributed by atoms with Crippen LogP contribution in [0.25, 0.3) is 0 Å². The van der Waals surface area contributed by atoms with Crippen molar-refractivity contribution in [1.82, 2.24) is 0 Å². The first-order valence-corrected chi connectivity index (χ1v) is 3.15. The summed E-state index contributed by atoms with van der Waals surface area (Å²) in [4.78, 5) is 10.2. The van der Waals surface area contributed by atoms with Gasteiger partial charge >= 0.3 is 29.6 Å². The molecule has 0 aliphatic rings. The van der Waals surface area contributed by atoms with Crippen molar-refractivity contribution in [2.45, 2.75) is 0 Å². The molecule has 0 aliphatic carbocycles. The molecule has 0 N–H and O–H groups in total. The van der Waals surface area contributed by atoms with E-state index in [9.17, 15) is 14.3 Å². The molecule has 2 nitrogen and oxygen atoms in total. The summed E-state index contributed by atoms with van der Waals surface area (Å²) < 4.78 is 12.5. The van der Waals surface area contributed by atoms with Crippen LogP contribution in [-0.4, -0.2) is 5.97 Å². The van der Waals surface area contributed by atoms with E-state index >= 15 is 0 Å². The van der Waals surface area contributed by atoms with Crippen LogP contribution in [0.2, 0.25) is 5.02 Å². The van der Waals surface area contributed by atoms with E-state index in [-0.39, 0.29) is 34.6 Å². The summed E-state index contributed by atoms with van der Waals surface area (Å²) in [6.07, 6.45) is 0. The van der Waals surface area contributed by atoms with Crippen molar-refractivity contribution in [1.29, 1.82) is 0 Å². The third-order valence-corrected chi connectivity index (χ3v) is 1.38. The van der Waals surface area contributed by atoms with E-state index in [1.165, 1.54) is 6.07 Å². The molecule has 0 aromatic heterocycles. The van der Waals surface area contributed by atoms with Gasteiger partial charge in [0, 0.05) is 10.6 Å². The summed E-state index contributed by atoms with van der Waals surface area (Å²) in [5, 5.41) is 10.3. The van der Waals surface area contributed by atoms with Crippen molar-refractivity contribution >= 4 is 17.6 Å². The molecule has 0 amide bonds. The summed E-state index contributed by atoms with van der Waals surface area (Å²) >= 11 is 5.40. The van der Waals surface area contributed by atoms with Crippen molar-refractivity contribution in [3.05, 3.63) is 34.6 Å². The van der Waals surface area contributed by atoms with Crippen molar-refractivity contribution in [3.8, 4) is 0 Å². The molecule has 58 valence electrons. The second-order valence-corrected chi connectivity index (χ2v) is 2.35. The van der Waals surface area contributed by atoms with Gasteiger partial charge in [0.05, 0.1) is 5.97 Å². The maximum Gasteiger partial charge on any atom is 1.00 e. The van der Waals surface area contributed by atoms with Gasteiger partial charge in [-0.2, -0.15) is 0 Å². The topological polar surface area (TPSA) is 40.1 Å². The van der Waals surface area contributed by atoms with Gasteiger partial charge in [-0.25, -0.2) is 4.39 Å². The summed E-state index contributed by atoms with van der Waals surface area (Å²) in [6, 6.07) is 3.25. The van der Waals surface area contributed by atoms with Crippen LogP contribution in [0.5, 0.6) is 0 Å². The second kappa shape index (κ2) is 4.82. The first kappa shape index (κ1) is 11.9. The Bertz CT molecular complexity index is 303. The Hall–Kier alpha value is -0.0900. The molecule has 0 fully saturated rings. The fourth-order valence-electron chi connectivity index (χ4n) is 0.654. The normalized spacial score (nSPS) is 8.83. The maximum atomic E-state index is 12.5. The predicted octanol–water partition coefficient (Wildman–Crippen LogP) is -2.15. The first-order chi connectivity index (χ1) is 5.11. The number of hydrogen-bond acceptors (Lipinski definition) is 2. The molecule has 12 heavy (non-hydrogen) atoms. The van der Waals surface area contributed by atoms with E-state index in [1.54, 1.807) is 0 Å². The Morgan fingerprint density at radius 2 is 2.08 bits per heavy atom. The molecule has 1 aromatic rings. The van der Waals surface area contributed by atoms with Crippen LogP contribution in [-0.2, 0) is 0 Å². The van der Waals surface area contributed by atoms with Crippen LogP contribution < -0.4 is 34.7 Å². The third-order valence-electron chi connectivity index (χ3n) is 1.15. The van der Waals surface area contributed by atoms with Crippen LogP contribution in [0.4, 0.5) is 4.39 Å². The van der Waals surface area contributed by atoms with E-state index in [1.807, 2.05) is 0 Å². The molecule has 0 atom stereocenters. The van der Waals surface area contributed by atoms with Gasteiger partial charge in [-0.1, -0.05) is 11.6 Å². The van der Waals surface area contributed by atoms with Gasteiger partial charge in [0.15, 0.2) is 0 Å². The minimum Gasteiger partial charge on any atom is -0.545 e. The molecule has 0 saturated carbocycles. The number of benzene rings is 1. The van der Waals surface area contributed by atoms with Gasteiger partial charge in [0.2, 0.25) is 0 Å². The van der Waals surface area contributed by atoms with E-state index < -0.39 is 17.3 Å². The van der Waals surface area contributed by atoms with Crippen molar-refractivity contribution in [2.24, 2.45) is 0 Å². The van der Waals surface area contributed by atoms with Gasteiger partial charge < -0.3 is 9.90 Å². The second-order valence-electron chi connectivity index (χ2n) is 1.91. The van der Waals surface area contributed by atoms with Crippen LogP contribution in [0, 0.1) is 5.82 Å². The Kier molecular flexibility index (Phi) is 4.78. The Balaban J connectivity index is 0.00000121. The maximum absolute atomic E-state index is 12.5. The smallest absolute Gasteiger partial charge is 0.545 e. The molecule has 0 spiro atoms. The van der Waals surface area contributed by atoms with Gasteiger partial charge in [-0.15, -0.1) is 0 Å². The van der Waals surface area contributed by atoms with E-state index in [4.69, 9.17) is 11.6 Å². The number of carboxylic acids is 1. The minimum atomic E-state index is -1.56. The number of carbonyl (C=O) groups is 1. The summed E-state index contributed by atoms with van der Waals surface area (Å²) in [6.45, 7) is 0. The molecule has 0 unspecified atom stereocenters. The number of aromatic carboxylic acids is 1. The van der Waals surface area contributed by atoms with E-state index in [0.717, 1.165) is 12.1 Å². The average Bonchev–Trinajstić information content (AvgIpc) is 1.94. The Morgan fingerprint density at radius 1 is 1.50 bits per heavy atom. The molecule has 1 aromatic carbocycles. The number of rotatable bonds is 1. The summed E-state index contributed by atoms with van der Waals surface area (Å²) in [7, 11) is 0.